The molecule has 70 valence electrons. The number of hydrogen-bond donors (Lipinski definition) is 0. The number of halogens is 7. The zero-order valence-electron chi connectivity index (χ0n) is 5.14. The molecule has 0 radical (unpaired) electrons. The Balaban J connectivity index is 0. The third kappa shape index (κ3) is 25.8. The lowest BCUT2D eigenvalue weighted by molar-refractivity contribution is -0.158. The van der Waals surface area contributed by atoms with Crippen LogP contribution in [-0.2, 0) is 0 Å². The first-order valence-corrected chi connectivity index (χ1v) is 2.83. The summed E-state index contributed by atoms with van der Waals surface area (Å²) >= 11 is 4.33. The molecule has 0 fully saturated rings. The van der Waals surface area contributed by atoms with Crippen molar-refractivity contribution in [3.8, 4) is 0 Å². The van der Waals surface area contributed by atoms with E-state index in [9.17, 15) is 26.3 Å². The van der Waals surface area contributed by atoms with Crippen LogP contribution in [0.1, 0.15) is 6.42 Å². The quantitative estimate of drug-likeness (QED) is 0.452. The van der Waals surface area contributed by atoms with Gasteiger partial charge in [-0.15, -0.1) is 0 Å². The zero-order valence-corrected chi connectivity index (χ0v) is 5.89. The van der Waals surface area contributed by atoms with E-state index in [1.807, 2.05) is 0 Å². The standard InChI is InChI=1S/C3H3F5.CH2ClF/c4-2(5)1-3(6,7)8;2-1-3/h2H,1H2;1H2. The second-order valence-corrected chi connectivity index (χ2v) is 1.51. The van der Waals surface area contributed by atoms with Crippen molar-refractivity contribution in [2.24, 2.45) is 0 Å². The van der Waals surface area contributed by atoms with Crippen LogP contribution >= 0.6 is 11.6 Å². The Hall–Kier alpha value is -0.130. The average Bonchev–Trinajstić information content (AvgIpc) is 1.57. The van der Waals surface area contributed by atoms with E-state index in [1.165, 1.54) is 0 Å². The van der Waals surface area contributed by atoms with Gasteiger partial charge in [-0.25, -0.2) is 13.2 Å². The fraction of sp³-hybridized carbons (Fsp3) is 1.00. The molecule has 0 atom stereocenters. The molecule has 0 aromatic heterocycles. The minimum Gasteiger partial charge on any atom is -0.234 e. The van der Waals surface area contributed by atoms with Crippen LogP contribution in [0.4, 0.5) is 26.3 Å². The lowest BCUT2D eigenvalue weighted by Crippen LogP contribution is -2.12. The fourth-order valence-electron chi connectivity index (χ4n) is 0.175. The summed E-state index contributed by atoms with van der Waals surface area (Å²) in [5, 5.41) is 0. The maximum absolute atomic E-state index is 10.8. The summed E-state index contributed by atoms with van der Waals surface area (Å²) in [7, 11) is 0. The Morgan fingerprint density at radius 3 is 1.45 bits per heavy atom. The highest BCUT2D eigenvalue weighted by molar-refractivity contribution is 6.16. The van der Waals surface area contributed by atoms with E-state index in [0.717, 1.165) is 0 Å². The SMILES string of the molecule is FC(F)CC(F)(F)F.FCCl. The first-order valence-electron chi connectivity index (χ1n) is 2.30. The molecular weight excluding hydrogens is 197 g/mol. The molecule has 0 aliphatic rings. The van der Waals surface area contributed by atoms with Crippen LogP contribution < -0.4 is 0 Å². The van der Waals surface area contributed by atoms with Gasteiger partial charge in [-0.1, -0.05) is 11.6 Å². The third-order valence-electron chi connectivity index (χ3n) is 0.386. The van der Waals surface area contributed by atoms with Crippen LogP contribution in [0.25, 0.3) is 0 Å². The van der Waals surface area contributed by atoms with Crippen LogP contribution in [0.5, 0.6) is 0 Å². The summed E-state index contributed by atoms with van der Waals surface area (Å²) in [4.78, 5) is 0. The van der Waals surface area contributed by atoms with Crippen molar-refractivity contribution in [3.63, 3.8) is 0 Å². The number of hydrogen-bond acceptors (Lipinski definition) is 0. The Bertz CT molecular complexity index is 79.1. The molecule has 0 bridgehead atoms. The smallest absolute Gasteiger partial charge is 0.234 e. The van der Waals surface area contributed by atoms with Crippen molar-refractivity contribution in [1.82, 2.24) is 0 Å². The van der Waals surface area contributed by atoms with Crippen LogP contribution in [0, 0.1) is 0 Å². The summed E-state index contributed by atoms with van der Waals surface area (Å²) in [6.07, 6.45) is -10.8. The van der Waals surface area contributed by atoms with E-state index in [4.69, 9.17) is 0 Å². The lowest BCUT2D eigenvalue weighted by atomic mass is 10.4. The Morgan fingerprint density at radius 2 is 1.45 bits per heavy atom. The average molecular weight is 203 g/mol. The Morgan fingerprint density at radius 1 is 1.18 bits per heavy atom. The van der Waals surface area contributed by atoms with Gasteiger partial charge >= 0.3 is 6.18 Å². The van der Waals surface area contributed by atoms with Gasteiger partial charge in [0, 0.05) is 0 Å². The van der Waals surface area contributed by atoms with Crippen LogP contribution in [-0.4, -0.2) is 18.7 Å². The molecule has 0 saturated carbocycles. The summed E-state index contributed by atoms with van der Waals surface area (Å²) in [6.45, 7) is 0. The van der Waals surface area contributed by atoms with Crippen molar-refractivity contribution >= 4 is 11.6 Å². The van der Waals surface area contributed by atoms with Gasteiger partial charge in [0.25, 0.3) is 0 Å². The minimum atomic E-state index is -4.73. The molecule has 0 aromatic rings. The normalized spacial score (nSPS) is 10.9. The first kappa shape index (κ1) is 13.5. The molecule has 0 rings (SSSR count). The second-order valence-electron chi connectivity index (χ2n) is 1.31. The number of alkyl halides is 7. The highest BCUT2D eigenvalue weighted by atomic mass is 35.5. The van der Waals surface area contributed by atoms with Crippen molar-refractivity contribution in [1.29, 1.82) is 0 Å². The van der Waals surface area contributed by atoms with E-state index in [-0.39, 0.29) is 0 Å². The monoisotopic (exact) mass is 202 g/mol. The highest BCUT2D eigenvalue weighted by Gasteiger charge is 2.31. The van der Waals surface area contributed by atoms with Crippen LogP contribution in [0.3, 0.4) is 0 Å². The highest BCUT2D eigenvalue weighted by Crippen LogP contribution is 2.22. The predicted octanol–water partition coefficient (Wildman–Crippen LogP) is 3.36. The molecule has 0 amide bonds. The molecule has 0 spiro atoms. The van der Waals surface area contributed by atoms with E-state index in [2.05, 4.69) is 11.6 Å². The molecule has 0 N–H and O–H groups in total. The molecular formula is C4H5ClF6. The molecule has 0 nitrogen and oxygen atoms in total. The third-order valence-corrected chi connectivity index (χ3v) is 0.386. The van der Waals surface area contributed by atoms with E-state index in [0.29, 0.717) is 0 Å². The first-order chi connectivity index (χ1) is 4.83. The predicted molar refractivity (Wildman–Crippen MR) is 28.5 cm³/mol. The van der Waals surface area contributed by atoms with Crippen molar-refractivity contribution in [2.45, 2.75) is 19.0 Å². The Kier molecular flexibility index (Phi) is 8.04. The van der Waals surface area contributed by atoms with Crippen molar-refractivity contribution in [2.75, 3.05) is 6.13 Å². The lowest BCUT2D eigenvalue weighted by Gasteiger charge is -2.02. The fourth-order valence-corrected chi connectivity index (χ4v) is 0.175. The van der Waals surface area contributed by atoms with Crippen LogP contribution in [0.15, 0.2) is 0 Å². The zero-order chi connectivity index (χ0) is 9.49. The van der Waals surface area contributed by atoms with Gasteiger partial charge in [-0.05, 0) is 0 Å². The molecule has 0 unspecified atom stereocenters. The minimum absolute atomic E-state index is 0.778. The largest absolute Gasteiger partial charge is 0.394 e. The van der Waals surface area contributed by atoms with Crippen molar-refractivity contribution in [3.05, 3.63) is 0 Å². The van der Waals surface area contributed by atoms with Gasteiger partial charge < -0.3 is 0 Å². The van der Waals surface area contributed by atoms with E-state index in [1.54, 1.807) is 0 Å². The molecule has 0 aromatic carbocycles. The summed E-state index contributed by atoms with van der Waals surface area (Å²) in [6, 6.07) is 0. The number of rotatable bonds is 1. The summed E-state index contributed by atoms with van der Waals surface area (Å²) in [5.74, 6) is 0. The van der Waals surface area contributed by atoms with Gasteiger partial charge in [0.05, 0.1) is 0 Å². The van der Waals surface area contributed by atoms with Gasteiger partial charge in [-0.2, -0.15) is 13.2 Å². The van der Waals surface area contributed by atoms with Gasteiger partial charge in [0.15, 0.2) is 6.13 Å². The summed E-state index contributed by atoms with van der Waals surface area (Å²) in [5.41, 5.74) is 0. The van der Waals surface area contributed by atoms with Crippen LogP contribution in [0.2, 0.25) is 0 Å². The molecule has 0 heterocycles. The van der Waals surface area contributed by atoms with Gasteiger partial charge in [-0.3, -0.25) is 0 Å². The maximum Gasteiger partial charge on any atom is 0.394 e. The Labute approximate surface area is 64.1 Å². The molecule has 0 aliphatic carbocycles. The van der Waals surface area contributed by atoms with Crippen molar-refractivity contribution < 1.29 is 26.3 Å². The van der Waals surface area contributed by atoms with Gasteiger partial charge in [0.1, 0.15) is 6.42 Å². The molecule has 7 heteroatoms. The van der Waals surface area contributed by atoms with E-state index < -0.39 is 25.2 Å². The maximum atomic E-state index is 10.8. The molecule has 0 saturated heterocycles. The molecule has 0 aliphatic heterocycles. The molecule has 11 heavy (non-hydrogen) atoms. The van der Waals surface area contributed by atoms with E-state index >= 15 is 0 Å². The second kappa shape index (κ2) is 6.57. The van der Waals surface area contributed by atoms with Gasteiger partial charge in [0.2, 0.25) is 6.43 Å². The topological polar surface area (TPSA) is 0 Å². The summed E-state index contributed by atoms with van der Waals surface area (Å²) < 4.78 is 64.2.